The van der Waals surface area contributed by atoms with Crippen LogP contribution in [-0.4, -0.2) is 24.6 Å². The summed E-state index contributed by atoms with van der Waals surface area (Å²) < 4.78 is 0. The number of hydrogen-bond acceptors (Lipinski definition) is 4. The average molecular weight is 380 g/mol. The minimum absolute atomic E-state index is 0.116. The summed E-state index contributed by atoms with van der Waals surface area (Å²) in [4.78, 5) is 0. The zero-order valence-electron chi connectivity index (χ0n) is 16.9. The Bertz CT molecular complexity index is 669. The first-order valence-electron chi connectivity index (χ1n) is 10.1. The summed E-state index contributed by atoms with van der Waals surface area (Å²) in [5, 5.41) is 22.0. The fraction of sp³-hybridized carbons (Fsp3) is 0.391. The number of hydrogen-bond donors (Lipinski definition) is 5. The van der Waals surface area contributed by atoms with Gasteiger partial charge in [-0.3, -0.25) is 5.41 Å². The first kappa shape index (κ1) is 21.8. The van der Waals surface area contributed by atoms with E-state index >= 15 is 0 Å². The van der Waals surface area contributed by atoms with E-state index in [1.165, 1.54) is 36.8 Å². The Balaban J connectivity index is 1.45. The maximum atomic E-state index is 7.61. The summed E-state index contributed by atoms with van der Waals surface area (Å²) in [6, 6.07) is 16.1. The second-order valence-corrected chi connectivity index (χ2v) is 7.20. The van der Waals surface area contributed by atoms with Crippen molar-refractivity contribution in [2.75, 3.05) is 13.1 Å². The van der Waals surface area contributed by atoms with Crippen LogP contribution < -0.4 is 16.4 Å². The lowest BCUT2D eigenvalue weighted by molar-refractivity contribution is 0.563. The van der Waals surface area contributed by atoms with Crippen LogP contribution in [0.3, 0.4) is 0 Å². The summed E-state index contributed by atoms with van der Waals surface area (Å²) >= 11 is 0. The number of amidine groups is 1. The minimum Gasteiger partial charge on any atom is -0.384 e. The van der Waals surface area contributed by atoms with Gasteiger partial charge in [-0.2, -0.15) is 0 Å². The Morgan fingerprint density at radius 2 is 1.14 bits per heavy atom. The van der Waals surface area contributed by atoms with Gasteiger partial charge in [-0.25, -0.2) is 0 Å². The van der Waals surface area contributed by atoms with Crippen molar-refractivity contribution in [1.82, 2.24) is 10.6 Å². The lowest BCUT2D eigenvalue weighted by atomic mass is 10.1. The van der Waals surface area contributed by atoms with E-state index < -0.39 is 0 Å². The third kappa shape index (κ3) is 8.03. The first-order valence-corrected chi connectivity index (χ1v) is 10.1. The molecule has 0 bridgehead atoms. The molecule has 0 aliphatic heterocycles. The molecular formula is C23H33N5. The van der Waals surface area contributed by atoms with Gasteiger partial charge in [0.1, 0.15) is 5.84 Å². The number of nitrogens with one attached hydrogen (secondary N) is 4. The summed E-state index contributed by atoms with van der Waals surface area (Å²) in [7, 11) is 0. The average Bonchev–Trinajstić information content (AvgIpc) is 2.70. The van der Waals surface area contributed by atoms with Gasteiger partial charge in [0.15, 0.2) is 0 Å². The van der Waals surface area contributed by atoms with Crippen LogP contribution in [0.15, 0.2) is 48.5 Å². The van der Waals surface area contributed by atoms with Crippen LogP contribution in [0.25, 0.3) is 0 Å². The molecular weight excluding hydrogens is 346 g/mol. The molecule has 0 saturated heterocycles. The van der Waals surface area contributed by atoms with Crippen molar-refractivity contribution in [3.8, 4) is 0 Å². The quantitative estimate of drug-likeness (QED) is 0.208. The van der Waals surface area contributed by atoms with Crippen LogP contribution in [0.5, 0.6) is 0 Å². The Kier molecular flexibility index (Phi) is 9.39. The predicted octanol–water partition coefficient (Wildman–Crippen LogP) is 3.80. The summed E-state index contributed by atoms with van der Waals surface area (Å²) in [6.45, 7) is 5.63. The van der Waals surface area contributed by atoms with Gasteiger partial charge in [-0.05, 0) is 49.5 Å². The number of rotatable bonds is 13. The van der Waals surface area contributed by atoms with Crippen molar-refractivity contribution in [3.05, 3.63) is 70.8 Å². The van der Waals surface area contributed by atoms with Gasteiger partial charge in [-0.15, -0.1) is 0 Å². The van der Waals surface area contributed by atoms with Gasteiger partial charge in [0, 0.05) is 24.4 Å². The Morgan fingerprint density at radius 3 is 1.54 bits per heavy atom. The van der Waals surface area contributed by atoms with Crippen LogP contribution in [0, 0.1) is 10.8 Å². The molecule has 0 saturated carbocycles. The molecule has 0 radical (unpaired) electrons. The molecule has 6 N–H and O–H groups in total. The highest BCUT2D eigenvalue weighted by molar-refractivity contribution is 5.96. The van der Waals surface area contributed by atoms with E-state index in [-0.39, 0.29) is 5.84 Å². The monoisotopic (exact) mass is 379 g/mol. The Labute approximate surface area is 168 Å². The van der Waals surface area contributed by atoms with Gasteiger partial charge in [0.2, 0.25) is 0 Å². The molecule has 0 unspecified atom stereocenters. The predicted molar refractivity (Wildman–Crippen MR) is 118 cm³/mol. The lowest BCUT2D eigenvalue weighted by Gasteiger charge is -2.07. The van der Waals surface area contributed by atoms with E-state index in [9.17, 15) is 0 Å². The van der Waals surface area contributed by atoms with Gasteiger partial charge in [0.25, 0.3) is 0 Å². The highest BCUT2D eigenvalue weighted by atomic mass is 14.8. The van der Waals surface area contributed by atoms with Gasteiger partial charge >= 0.3 is 0 Å². The van der Waals surface area contributed by atoms with E-state index in [2.05, 4.69) is 22.8 Å². The van der Waals surface area contributed by atoms with E-state index in [1.807, 2.05) is 43.3 Å². The maximum absolute atomic E-state index is 7.61. The van der Waals surface area contributed by atoms with Crippen molar-refractivity contribution in [1.29, 1.82) is 10.8 Å². The van der Waals surface area contributed by atoms with E-state index in [0.29, 0.717) is 5.71 Å². The van der Waals surface area contributed by atoms with Gasteiger partial charge in [-0.1, -0.05) is 61.4 Å². The molecule has 5 nitrogen and oxygen atoms in total. The fourth-order valence-corrected chi connectivity index (χ4v) is 2.99. The van der Waals surface area contributed by atoms with Crippen molar-refractivity contribution in [3.63, 3.8) is 0 Å². The van der Waals surface area contributed by atoms with Gasteiger partial charge in [0.05, 0.1) is 0 Å². The van der Waals surface area contributed by atoms with E-state index in [1.54, 1.807) is 0 Å². The Morgan fingerprint density at radius 1 is 0.714 bits per heavy atom. The molecule has 2 rings (SSSR count). The molecule has 5 heteroatoms. The maximum Gasteiger partial charge on any atom is 0.122 e. The van der Waals surface area contributed by atoms with Crippen molar-refractivity contribution >= 4 is 11.5 Å². The molecule has 0 spiro atoms. The zero-order valence-corrected chi connectivity index (χ0v) is 16.9. The molecule has 0 fully saturated rings. The molecule has 0 aromatic heterocycles. The Hall–Kier alpha value is -2.50. The van der Waals surface area contributed by atoms with Crippen molar-refractivity contribution < 1.29 is 0 Å². The SMILES string of the molecule is CC(=N)c1ccc(CNCCCCCCNCc2ccc(C(=N)N)cc2)cc1. The lowest BCUT2D eigenvalue weighted by Crippen LogP contribution is -2.16. The third-order valence-electron chi connectivity index (χ3n) is 4.77. The van der Waals surface area contributed by atoms with E-state index in [0.717, 1.165) is 37.3 Å². The normalized spacial score (nSPS) is 10.8. The second-order valence-electron chi connectivity index (χ2n) is 7.20. The molecule has 150 valence electrons. The molecule has 28 heavy (non-hydrogen) atoms. The fourth-order valence-electron chi connectivity index (χ4n) is 2.99. The third-order valence-corrected chi connectivity index (χ3v) is 4.77. The van der Waals surface area contributed by atoms with Crippen LogP contribution in [0.4, 0.5) is 0 Å². The topological polar surface area (TPSA) is 97.8 Å². The first-order chi connectivity index (χ1) is 13.6. The van der Waals surface area contributed by atoms with Crippen LogP contribution in [-0.2, 0) is 13.1 Å². The van der Waals surface area contributed by atoms with Crippen LogP contribution >= 0.6 is 0 Å². The number of nitrogen functional groups attached to an aromatic ring is 1. The highest BCUT2D eigenvalue weighted by Gasteiger charge is 1.98. The highest BCUT2D eigenvalue weighted by Crippen LogP contribution is 2.06. The molecule has 0 atom stereocenters. The summed E-state index contributed by atoms with van der Waals surface area (Å²) in [5.41, 5.74) is 10.3. The zero-order chi connectivity index (χ0) is 20.2. The number of benzene rings is 2. The summed E-state index contributed by atoms with van der Waals surface area (Å²) in [6.07, 6.45) is 4.87. The molecule has 0 amide bonds. The van der Waals surface area contributed by atoms with Crippen molar-refractivity contribution in [2.24, 2.45) is 5.73 Å². The van der Waals surface area contributed by atoms with Crippen LogP contribution in [0.1, 0.15) is 54.9 Å². The standard InChI is InChI=1S/C23H33N5/c1-18(24)21-10-6-19(7-11-21)16-27-14-4-2-3-5-15-28-17-20-8-12-22(13-9-20)23(25)26/h6-13,24,27-28H,2-5,14-17H2,1H3,(H3,25,26). The molecule has 0 aliphatic rings. The number of unbranched alkanes of at least 4 members (excludes halogenated alkanes) is 3. The van der Waals surface area contributed by atoms with Crippen molar-refractivity contribution in [2.45, 2.75) is 45.7 Å². The van der Waals surface area contributed by atoms with E-state index in [4.69, 9.17) is 16.6 Å². The molecule has 2 aromatic carbocycles. The van der Waals surface area contributed by atoms with Gasteiger partial charge < -0.3 is 21.8 Å². The van der Waals surface area contributed by atoms with Crippen LogP contribution in [0.2, 0.25) is 0 Å². The second kappa shape index (κ2) is 12.1. The summed E-state index contributed by atoms with van der Waals surface area (Å²) in [5.74, 6) is 0.116. The molecule has 0 aliphatic carbocycles. The number of nitrogens with two attached hydrogens (primary N) is 1. The molecule has 2 aromatic rings. The smallest absolute Gasteiger partial charge is 0.122 e. The molecule has 0 heterocycles. The minimum atomic E-state index is 0.116. The largest absolute Gasteiger partial charge is 0.384 e.